The SMILES string of the molecule is CCOC(=O)C(C=Nc1ccccc1O)=C(O)c1c(F)c(F)c(N2CCC(NC(C)=O)C2)c(F)c1F. The molecule has 0 radical (unpaired) electrons. The Hall–Kier alpha value is -4.09. The van der Waals surface area contributed by atoms with Gasteiger partial charge in [0.25, 0.3) is 0 Å². The second kappa shape index (κ2) is 11.1. The summed E-state index contributed by atoms with van der Waals surface area (Å²) in [6, 6.07) is 5.12. The first-order chi connectivity index (χ1) is 17.1. The van der Waals surface area contributed by atoms with E-state index in [9.17, 15) is 28.6 Å². The summed E-state index contributed by atoms with van der Waals surface area (Å²) in [5, 5.41) is 23.0. The maximum atomic E-state index is 15.0. The molecule has 12 heteroatoms. The van der Waals surface area contributed by atoms with Crippen molar-refractivity contribution < 1.29 is 42.1 Å². The lowest BCUT2D eigenvalue weighted by Crippen LogP contribution is -2.36. The predicted octanol–water partition coefficient (Wildman–Crippen LogP) is 3.90. The second-order valence-corrected chi connectivity index (χ2v) is 7.84. The molecule has 1 heterocycles. The van der Waals surface area contributed by atoms with Gasteiger partial charge in [0, 0.05) is 32.3 Å². The molecule has 3 N–H and O–H groups in total. The Balaban J connectivity index is 2.10. The van der Waals surface area contributed by atoms with Gasteiger partial charge < -0.3 is 25.2 Å². The first-order valence-corrected chi connectivity index (χ1v) is 10.9. The third-order valence-electron chi connectivity index (χ3n) is 5.35. The van der Waals surface area contributed by atoms with Crippen LogP contribution in [0.3, 0.4) is 0 Å². The van der Waals surface area contributed by atoms with Crippen molar-refractivity contribution in [2.75, 3.05) is 24.6 Å². The molecule has 192 valence electrons. The molecule has 0 bridgehead atoms. The number of benzene rings is 2. The number of hydrogen-bond acceptors (Lipinski definition) is 7. The van der Waals surface area contributed by atoms with Crippen molar-refractivity contribution in [2.45, 2.75) is 26.3 Å². The molecule has 1 saturated heterocycles. The van der Waals surface area contributed by atoms with Gasteiger partial charge in [0.05, 0.1) is 12.2 Å². The van der Waals surface area contributed by atoms with Gasteiger partial charge in [-0.25, -0.2) is 22.4 Å². The Morgan fingerprint density at radius 2 is 1.81 bits per heavy atom. The highest BCUT2D eigenvalue weighted by Gasteiger charge is 2.35. The van der Waals surface area contributed by atoms with Crippen LogP contribution in [0.4, 0.5) is 28.9 Å². The van der Waals surface area contributed by atoms with Crippen LogP contribution in [0, 0.1) is 23.3 Å². The van der Waals surface area contributed by atoms with Gasteiger partial charge in [-0.1, -0.05) is 12.1 Å². The number of ether oxygens (including phenoxy) is 1. The lowest BCUT2D eigenvalue weighted by atomic mass is 10.0. The molecule has 8 nitrogen and oxygen atoms in total. The Morgan fingerprint density at radius 1 is 1.17 bits per heavy atom. The fourth-order valence-electron chi connectivity index (χ4n) is 3.74. The zero-order valence-electron chi connectivity index (χ0n) is 19.3. The number of nitrogens with one attached hydrogen (secondary N) is 1. The summed E-state index contributed by atoms with van der Waals surface area (Å²) in [6.07, 6.45) is 0.938. The van der Waals surface area contributed by atoms with Crippen LogP contribution in [0.2, 0.25) is 0 Å². The standard InChI is InChI=1S/C24H23F4N3O5/c1-3-36-24(35)14(10-29-15-6-4-5-7-16(15)33)23(34)17-18(25)20(27)22(21(28)19(17)26)31-9-8-13(11-31)30-12(2)32/h4-7,10,13,33-34H,3,8-9,11H2,1-2H3,(H,30,32). The van der Waals surface area contributed by atoms with Crippen LogP contribution in [0.1, 0.15) is 25.8 Å². The van der Waals surface area contributed by atoms with E-state index in [4.69, 9.17) is 4.74 Å². The number of aliphatic hydroxyl groups is 1. The third kappa shape index (κ3) is 5.42. The van der Waals surface area contributed by atoms with Crippen molar-refractivity contribution in [2.24, 2.45) is 4.99 Å². The van der Waals surface area contributed by atoms with Gasteiger partial charge in [-0.3, -0.25) is 9.79 Å². The Kier molecular flexibility index (Phi) is 8.18. The zero-order chi connectivity index (χ0) is 26.6. The average molecular weight is 509 g/mol. The maximum absolute atomic E-state index is 15.0. The quantitative estimate of drug-likeness (QED) is 0.130. The molecule has 0 aliphatic carbocycles. The van der Waals surface area contributed by atoms with Crippen molar-refractivity contribution in [1.29, 1.82) is 0 Å². The summed E-state index contributed by atoms with van der Waals surface area (Å²) >= 11 is 0. The number of amides is 1. The number of halogens is 4. The van der Waals surface area contributed by atoms with Crippen molar-refractivity contribution >= 4 is 35.2 Å². The normalized spacial score (nSPS) is 16.3. The number of aromatic hydroxyl groups is 1. The summed E-state index contributed by atoms with van der Waals surface area (Å²) in [6.45, 7) is 2.38. The lowest BCUT2D eigenvalue weighted by molar-refractivity contribution is -0.137. The van der Waals surface area contributed by atoms with Crippen molar-refractivity contribution in [3.05, 3.63) is 58.7 Å². The van der Waals surface area contributed by atoms with Crippen LogP contribution in [0.5, 0.6) is 5.75 Å². The molecule has 1 unspecified atom stereocenters. The average Bonchev–Trinajstić information content (AvgIpc) is 3.26. The fraction of sp³-hybridized carbons (Fsp3) is 0.292. The van der Waals surface area contributed by atoms with E-state index < -0.39 is 57.9 Å². The maximum Gasteiger partial charge on any atom is 0.343 e. The number of carbonyl (C=O) groups excluding carboxylic acids is 2. The third-order valence-corrected chi connectivity index (χ3v) is 5.35. The summed E-state index contributed by atoms with van der Waals surface area (Å²) in [4.78, 5) is 28.5. The molecule has 1 atom stereocenters. The number of nitrogens with zero attached hydrogens (tertiary/aromatic N) is 2. The van der Waals surface area contributed by atoms with Gasteiger partial charge in [-0.2, -0.15) is 0 Å². The van der Waals surface area contributed by atoms with Crippen LogP contribution in [0.25, 0.3) is 5.76 Å². The van der Waals surface area contributed by atoms with Gasteiger partial charge in [0.15, 0.2) is 23.3 Å². The van der Waals surface area contributed by atoms with E-state index in [1.54, 1.807) is 0 Å². The first-order valence-electron chi connectivity index (χ1n) is 10.9. The van der Waals surface area contributed by atoms with E-state index in [-0.39, 0.29) is 43.5 Å². The van der Waals surface area contributed by atoms with E-state index in [2.05, 4.69) is 10.3 Å². The van der Waals surface area contributed by atoms with E-state index in [1.807, 2.05) is 0 Å². The van der Waals surface area contributed by atoms with Crippen molar-refractivity contribution in [3.8, 4) is 5.75 Å². The van der Waals surface area contributed by atoms with Crippen molar-refractivity contribution in [3.63, 3.8) is 0 Å². The molecule has 0 saturated carbocycles. The van der Waals surface area contributed by atoms with Gasteiger partial charge in [-0.15, -0.1) is 0 Å². The van der Waals surface area contributed by atoms with Crippen LogP contribution in [-0.2, 0) is 14.3 Å². The highest BCUT2D eigenvalue weighted by atomic mass is 19.2. The van der Waals surface area contributed by atoms with Gasteiger partial charge in [-0.05, 0) is 25.5 Å². The summed E-state index contributed by atoms with van der Waals surface area (Å²) in [5.74, 6) is -10.9. The van der Waals surface area contributed by atoms with Gasteiger partial charge in [0.1, 0.15) is 28.5 Å². The number of phenols is 1. The molecule has 1 aliphatic heterocycles. The largest absolute Gasteiger partial charge is 0.506 e. The lowest BCUT2D eigenvalue weighted by Gasteiger charge is -2.22. The molecular formula is C24H23F4N3O5. The molecule has 36 heavy (non-hydrogen) atoms. The van der Waals surface area contributed by atoms with Crippen LogP contribution in [0.15, 0.2) is 34.8 Å². The zero-order valence-corrected chi connectivity index (χ0v) is 19.3. The number of esters is 1. The van der Waals surface area contributed by atoms with Crippen LogP contribution in [-0.4, -0.2) is 54.0 Å². The smallest absolute Gasteiger partial charge is 0.343 e. The number of phenolic OH excluding ortho intramolecular Hbond substituents is 1. The molecule has 0 aromatic heterocycles. The molecule has 0 spiro atoms. The Labute approximate surface area is 203 Å². The van der Waals surface area contributed by atoms with Crippen LogP contribution >= 0.6 is 0 Å². The molecule has 2 aromatic rings. The highest BCUT2D eigenvalue weighted by Crippen LogP contribution is 2.36. The number of hydrogen-bond donors (Lipinski definition) is 3. The molecule has 2 aromatic carbocycles. The van der Waals surface area contributed by atoms with E-state index in [0.717, 1.165) is 4.90 Å². The number of carbonyl (C=O) groups is 2. The second-order valence-electron chi connectivity index (χ2n) is 7.84. The summed E-state index contributed by atoms with van der Waals surface area (Å²) in [7, 11) is 0. The fourth-order valence-corrected chi connectivity index (χ4v) is 3.74. The molecule has 1 aliphatic rings. The van der Waals surface area contributed by atoms with Crippen LogP contribution < -0.4 is 10.2 Å². The minimum absolute atomic E-state index is 0.000136. The minimum Gasteiger partial charge on any atom is -0.506 e. The predicted molar refractivity (Wildman–Crippen MR) is 123 cm³/mol. The number of aliphatic hydroxyl groups excluding tert-OH is 1. The van der Waals surface area contributed by atoms with E-state index >= 15 is 8.78 Å². The topological polar surface area (TPSA) is 111 Å². The number of para-hydroxylation sites is 2. The first kappa shape index (κ1) is 26.5. The Bertz CT molecular complexity index is 1220. The summed E-state index contributed by atoms with van der Waals surface area (Å²) < 4.78 is 64.8. The number of rotatable bonds is 7. The molecule has 3 rings (SSSR count). The minimum atomic E-state index is -1.94. The molecule has 1 amide bonds. The monoisotopic (exact) mass is 509 g/mol. The number of aliphatic imine (C=N–C) groups is 1. The summed E-state index contributed by atoms with van der Waals surface area (Å²) in [5.41, 5.74) is -3.51. The van der Waals surface area contributed by atoms with Gasteiger partial charge >= 0.3 is 5.97 Å². The molecular weight excluding hydrogens is 486 g/mol. The van der Waals surface area contributed by atoms with Crippen molar-refractivity contribution in [1.82, 2.24) is 5.32 Å². The van der Waals surface area contributed by atoms with E-state index in [1.165, 1.54) is 38.1 Å². The Morgan fingerprint density at radius 3 is 2.39 bits per heavy atom. The van der Waals surface area contributed by atoms with Gasteiger partial charge in [0.2, 0.25) is 5.91 Å². The van der Waals surface area contributed by atoms with E-state index in [0.29, 0.717) is 6.21 Å². The highest BCUT2D eigenvalue weighted by molar-refractivity contribution is 6.15. The number of anilines is 1. The molecule has 1 fully saturated rings.